The number of aliphatic hydroxyl groups is 2. The minimum absolute atomic E-state index is 0.137. The molecule has 4 saturated carbocycles. The predicted molar refractivity (Wildman–Crippen MR) is 289 cm³/mol. The molecule has 2 aromatic carbocycles. The van der Waals surface area contributed by atoms with Crippen LogP contribution in [0.5, 0.6) is 11.5 Å². The van der Waals surface area contributed by atoms with Crippen LogP contribution in [0.3, 0.4) is 0 Å². The molecule has 0 atom stereocenters. The van der Waals surface area contributed by atoms with Gasteiger partial charge in [0.1, 0.15) is 23.1 Å². The van der Waals surface area contributed by atoms with Crippen LogP contribution in [0.2, 0.25) is 0 Å². The summed E-state index contributed by atoms with van der Waals surface area (Å²) in [6, 6.07) is 16.1. The van der Waals surface area contributed by atoms with Crippen molar-refractivity contribution in [2.45, 2.75) is 165 Å². The molecule has 73 heavy (non-hydrogen) atoms. The number of benzene rings is 2. The van der Waals surface area contributed by atoms with Gasteiger partial charge in [0, 0.05) is 84.0 Å². The van der Waals surface area contributed by atoms with E-state index < -0.39 is 0 Å². The van der Waals surface area contributed by atoms with E-state index in [-0.39, 0.29) is 35.3 Å². The van der Waals surface area contributed by atoms with Crippen molar-refractivity contribution in [1.29, 1.82) is 0 Å². The Labute approximate surface area is 437 Å². The number of nitrogens with one attached hydrogen (secondary N) is 5. The Morgan fingerprint density at radius 3 is 1.47 bits per heavy atom. The molecule has 0 bridgehead atoms. The summed E-state index contributed by atoms with van der Waals surface area (Å²) in [6.45, 7) is 3.67. The van der Waals surface area contributed by atoms with Crippen LogP contribution in [0.25, 0.3) is 0 Å². The maximum absolute atomic E-state index is 12.9. The van der Waals surface area contributed by atoms with Gasteiger partial charge in [0.05, 0.1) is 26.4 Å². The Morgan fingerprint density at radius 1 is 0.603 bits per heavy atom. The number of halogens is 1. The first-order valence-electron chi connectivity index (χ1n) is 27.2. The quantitative estimate of drug-likeness (QED) is 0.0587. The number of piperidine rings is 2. The molecule has 6 fully saturated rings. The fraction of sp³-hybridized carbons (Fsp3) is 0.607. The maximum Gasteiger partial charge on any atom is 0.229 e. The largest absolute Gasteiger partial charge is 0.497 e. The van der Waals surface area contributed by atoms with Gasteiger partial charge in [-0.05, 0) is 164 Å². The number of anilines is 6. The van der Waals surface area contributed by atoms with Crippen LogP contribution in [-0.4, -0.2) is 111 Å². The van der Waals surface area contributed by atoms with E-state index in [1.54, 1.807) is 14.2 Å². The van der Waals surface area contributed by atoms with Gasteiger partial charge < -0.3 is 51.2 Å². The Hall–Kier alpha value is -5.29. The topological polar surface area (TPSA) is 208 Å². The van der Waals surface area contributed by atoms with Gasteiger partial charge in [0.15, 0.2) is 0 Å². The zero-order valence-electron chi connectivity index (χ0n) is 43.0. The minimum Gasteiger partial charge on any atom is -0.497 e. The number of rotatable bonds is 14. The number of carbonyl (C=O) groups is 2. The summed E-state index contributed by atoms with van der Waals surface area (Å²) < 4.78 is 10.6. The molecule has 4 heterocycles. The van der Waals surface area contributed by atoms with E-state index in [0.29, 0.717) is 35.7 Å². The number of hydrogen-bond donors (Lipinski definition) is 7. The van der Waals surface area contributed by atoms with Gasteiger partial charge in [-0.2, -0.15) is 9.97 Å². The van der Waals surface area contributed by atoms with E-state index in [0.717, 1.165) is 169 Å². The van der Waals surface area contributed by atoms with Gasteiger partial charge >= 0.3 is 0 Å². The smallest absolute Gasteiger partial charge is 0.229 e. The lowest BCUT2D eigenvalue weighted by Gasteiger charge is -2.35. The van der Waals surface area contributed by atoms with Crippen molar-refractivity contribution in [3.63, 3.8) is 0 Å². The Kier molecular flexibility index (Phi) is 20.2. The van der Waals surface area contributed by atoms with E-state index in [1.807, 2.05) is 60.9 Å². The van der Waals surface area contributed by atoms with Crippen molar-refractivity contribution >= 4 is 57.7 Å². The van der Waals surface area contributed by atoms with Crippen molar-refractivity contribution in [2.75, 3.05) is 61.7 Å². The van der Waals surface area contributed by atoms with Crippen LogP contribution >= 0.6 is 11.6 Å². The average molecular weight is 1020 g/mol. The highest BCUT2D eigenvalue weighted by atomic mass is 35.5. The van der Waals surface area contributed by atoms with E-state index in [9.17, 15) is 19.8 Å². The van der Waals surface area contributed by atoms with Crippen molar-refractivity contribution < 1.29 is 29.3 Å². The molecule has 6 aliphatic rings. The molecule has 2 aliphatic heterocycles. The second-order valence-electron chi connectivity index (χ2n) is 20.9. The standard InChI is InChI=1S/C28H39N5O3.C22H31N5O2.C6H9ClO/c1-36-24-8-4-7-22(17-24)31-28-29-18-25(26(32-28)30-21-9-11-23(34)12-10-21)19-13-15-33(16-14-19)27(35)20-5-2-3-6-20;1-29-19-4-2-3-17(13-19)26-22-24-14-20(15-9-11-23-12-10-15)21(27-22)25-16-5-7-18(28)8-6-16;7-6(8)5-3-1-2-4-5/h4,7-8,17-21,23,34H,2-3,5-6,9-16H2,1H3,(H2,29,30,31,32);2-4,13-16,18,23,28H,5-12H2,1H3,(H2,24,25,26,27);5H,1-4H2. The van der Waals surface area contributed by atoms with Crippen LogP contribution in [-0.2, 0) is 9.59 Å². The third-order valence-corrected chi connectivity index (χ3v) is 16.1. The zero-order valence-corrected chi connectivity index (χ0v) is 43.8. The second-order valence-corrected chi connectivity index (χ2v) is 21.3. The fourth-order valence-corrected chi connectivity index (χ4v) is 11.6. The molecule has 0 unspecified atom stereocenters. The van der Waals surface area contributed by atoms with E-state index in [4.69, 9.17) is 31.0 Å². The number of amides is 1. The third kappa shape index (κ3) is 15.9. The molecule has 2 saturated heterocycles. The molecule has 10 rings (SSSR count). The van der Waals surface area contributed by atoms with Gasteiger partial charge in [0.25, 0.3) is 0 Å². The van der Waals surface area contributed by atoms with E-state index >= 15 is 0 Å². The van der Waals surface area contributed by atoms with Crippen molar-refractivity contribution in [3.8, 4) is 11.5 Å². The minimum atomic E-state index is -0.194. The predicted octanol–water partition coefficient (Wildman–Crippen LogP) is 10.2. The number of methoxy groups -OCH3 is 2. The number of aromatic nitrogens is 4. The van der Waals surface area contributed by atoms with Crippen LogP contribution in [0, 0.1) is 11.8 Å². The van der Waals surface area contributed by atoms with Crippen LogP contribution in [0.1, 0.15) is 151 Å². The Morgan fingerprint density at radius 2 is 1.04 bits per heavy atom. The molecule has 2 aromatic heterocycles. The monoisotopic (exact) mass is 1020 g/mol. The number of aliphatic hydroxyl groups excluding tert-OH is 2. The number of nitrogens with zero attached hydrogens (tertiary/aromatic N) is 5. The number of carbonyl (C=O) groups excluding carboxylic acids is 2. The summed E-state index contributed by atoms with van der Waals surface area (Å²) in [5.41, 5.74) is 4.09. The zero-order chi connectivity index (χ0) is 50.9. The summed E-state index contributed by atoms with van der Waals surface area (Å²) in [5, 5.41) is 37.0. The lowest BCUT2D eigenvalue weighted by molar-refractivity contribution is -0.136. The van der Waals surface area contributed by atoms with Gasteiger partial charge in [-0.15, -0.1) is 0 Å². The van der Waals surface area contributed by atoms with Gasteiger partial charge in [-0.3, -0.25) is 9.59 Å². The summed E-state index contributed by atoms with van der Waals surface area (Å²) in [5.74, 6) is 6.07. The first kappa shape index (κ1) is 54.0. The van der Waals surface area contributed by atoms with Crippen molar-refractivity contribution in [2.24, 2.45) is 11.8 Å². The van der Waals surface area contributed by atoms with Crippen LogP contribution in [0.4, 0.5) is 34.9 Å². The number of hydrogen-bond acceptors (Lipinski definition) is 15. The van der Waals surface area contributed by atoms with Gasteiger partial charge in [0.2, 0.25) is 23.0 Å². The molecular formula is C56H79ClN10O6. The molecule has 17 heteroatoms. The van der Waals surface area contributed by atoms with Crippen molar-refractivity contribution in [1.82, 2.24) is 30.2 Å². The van der Waals surface area contributed by atoms with Crippen LogP contribution < -0.4 is 36.1 Å². The highest BCUT2D eigenvalue weighted by Gasteiger charge is 2.32. The highest BCUT2D eigenvalue weighted by molar-refractivity contribution is 6.64. The molecule has 4 aliphatic carbocycles. The normalized spacial score (nSPS) is 23.0. The summed E-state index contributed by atoms with van der Waals surface area (Å²) in [6.07, 6.45) is 23.6. The lowest BCUT2D eigenvalue weighted by atomic mass is 9.89. The molecule has 4 aromatic rings. The van der Waals surface area contributed by atoms with Gasteiger partial charge in [-0.1, -0.05) is 37.8 Å². The average Bonchev–Trinajstić information content (AvgIpc) is 4.18. The molecule has 396 valence electrons. The maximum atomic E-state index is 12.9. The van der Waals surface area contributed by atoms with Crippen molar-refractivity contribution in [3.05, 3.63) is 72.1 Å². The molecule has 0 spiro atoms. The first-order chi connectivity index (χ1) is 35.6. The molecular weight excluding hydrogens is 944 g/mol. The lowest BCUT2D eigenvalue weighted by Crippen LogP contribution is -2.41. The summed E-state index contributed by atoms with van der Waals surface area (Å²) >= 11 is 5.25. The highest BCUT2D eigenvalue weighted by Crippen LogP contribution is 2.37. The first-order valence-corrected chi connectivity index (χ1v) is 27.6. The van der Waals surface area contributed by atoms with Crippen LogP contribution in [0.15, 0.2) is 60.9 Å². The van der Waals surface area contributed by atoms with Gasteiger partial charge in [-0.25, -0.2) is 9.97 Å². The van der Waals surface area contributed by atoms with E-state index in [1.165, 1.54) is 31.2 Å². The third-order valence-electron chi connectivity index (χ3n) is 15.8. The summed E-state index contributed by atoms with van der Waals surface area (Å²) in [4.78, 5) is 44.4. The Bertz CT molecular complexity index is 2360. The molecule has 0 radical (unpaired) electrons. The molecule has 16 nitrogen and oxygen atoms in total. The van der Waals surface area contributed by atoms with E-state index in [2.05, 4.69) is 41.5 Å². The second kappa shape index (κ2) is 27.3. The molecule has 7 N–H and O–H groups in total. The SMILES string of the molecule is COc1cccc(Nc2ncc(C3CCN(C(=O)C4CCCC4)CC3)c(NC3CCC(O)CC3)n2)c1.COc1cccc(Nc2ncc(C3CCNCC3)c(NC3CCC(O)CC3)n2)c1.O=C(Cl)C1CCCC1. The molecule has 1 amide bonds. The Balaban J connectivity index is 0.000000172. The fourth-order valence-electron chi connectivity index (χ4n) is 11.3. The number of likely N-dealkylation sites (tertiary alicyclic amines) is 1. The summed E-state index contributed by atoms with van der Waals surface area (Å²) in [7, 11) is 3.31. The number of ether oxygens (including phenoxy) is 2.